The van der Waals surface area contributed by atoms with E-state index in [1.54, 1.807) is 0 Å². The molecule has 96 valence electrons. The molecule has 0 spiro atoms. The van der Waals surface area contributed by atoms with Gasteiger partial charge in [-0.3, -0.25) is 4.79 Å². The number of hydrogen-bond donors (Lipinski definition) is 4. The number of hydrogen-bond acceptors (Lipinski definition) is 4. The molecule has 1 rings (SSSR count). The highest BCUT2D eigenvalue weighted by Gasteiger charge is 2.25. The fourth-order valence-corrected chi connectivity index (χ4v) is 1.48. The summed E-state index contributed by atoms with van der Waals surface area (Å²) in [5.41, 5.74) is 0. The Kier molecular flexibility index (Phi) is 4.70. The Bertz CT molecular complexity index is 314. The van der Waals surface area contributed by atoms with Crippen molar-refractivity contribution in [1.82, 2.24) is 15.5 Å². The summed E-state index contributed by atoms with van der Waals surface area (Å²) in [6.07, 6.45) is -0.632. The van der Waals surface area contributed by atoms with Crippen molar-refractivity contribution >= 4 is 18.0 Å². The molecule has 1 heterocycles. The van der Waals surface area contributed by atoms with E-state index in [1.165, 1.54) is 4.90 Å². The molecule has 0 aromatic carbocycles. The Hall–Kier alpha value is -1.83. The van der Waals surface area contributed by atoms with E-state index in [2.05, 4.69) is 10.6 Å². The normalized spacial score (nSPS) is 17.3. The highest BCUT2D eigenvalue weighted by atomic mass is 16.4. The van der Waals surface area contributed by atoms with Gasteiger partial charge >= 0.3 is 18.0 Å². The number of urea groups is 1. The van der Waals surface area contributed by atoms with Crippen molar-refractivity contribution in [3.05, 3.63) is 0 Å². The number of carboxylic acid groups (broad SMARTS) is 2. The number of carbonyl (C=O) groups is 3. The van der Waals surface area contributed by atoms with Crippen LogP contribution in [0.3, 0.4) is 0 Å². The summed E-state index contributed by atoms with van der Waals surface area (Å²) in [4.78, 5) is 34.3. The molecule has 1 aliphatic heterocycles. The van der Waals surface area contributed by atoms with Gasteiger partial charge in [-0.25, -0.2) is 9.59 Å². The lowest BCUT2D eigenvalue weighted by Gasteiger charge is -2.28. The van der Waals surface area contributed by atoms with Crippen molar-refractivity contribution in [1.29, 1.82) is 0 Å². The Balaban J connectivity index is 2.50. The standard InChI is InChI=1S/C9H15N3O5/c13-7(14)5-6(8(15)16)11-9(17)12-3-1-10-2-4-12/h6,10H,1-5H2,(H,11,17)(H,13,14)(H,15,16)/t6-/m0/s1. The van der Waals surface area contributed by atoms with Crippen LogP contribution < -0.4 is 10.6 Å². The molecule has 1 saturated heterocycles. The molecule has 0 saturated carbocycles. The quantitative estimate of drug-likeness (QED) is 0.480. The van der Waals surface area contributed by atoms with E-state index >= 15 is 0 Å². The minimum atomic E-state index is -1.39. The number of aliphatic carboxylic acids is 2. The summed E-state index contributed by atoms with van der Waals surface area (Å²) in [5, 5.41) is 22.5. The summed E-state index contributed by atoms with van der Waals surface area (Å²) >= 11 is 0. The first-order valence-corrected chi connectivity index (χ1v) is 5.21. The van der Waals surface area contributed by atoms with Crippen molar-refractivity contribution in [2.75, 3.05) is 26.2 Å². The average Bonchev–Trinajstić information content (AvgIpc) is 2.28. The molecule has 17 heavy (non-hydrogen) atoms. The lowest BCUT2D eigenvalue weighted by atomic mass is 10.2. The predicted octanol–water partition coefficient (Wildman–Crippen LogP) is -1.47. The number of nitrogens with one attached hydrogen (secondary N) is 2. The molecule has 0 unspecified atom stereocenters. The Morgan fingerprint density at radius 3 is 2.29 bits per heavy atom. The van der Waals surface area contributed by atoms with Crippen LogP contribution in [0.2, 0.25) is 0 Å². The molecule has 2 amide bonds. The molecule has 1 aliphatic rings. The SMILES string of the molecule is O=C(O)C[C@H](NC(=O)N1CCNCC1)C(=O)O. The van der Waals surface area contributed by atoms with Crippen molar-refractivity contribution in [3.63, 3.8) is 0 Å². The molecule has 0 aliphatic carbocycles. The van der Waals surface area contributed by atoms with Crippen LogP contribution in [0.5, 0.6) is 0 Å². The molecular formula is C9H15N3O5. The molecule has 0 bridgehead atoms. The molecule has 0 radical (unpaired) electrons. The van der Waals surface area contributed by atoms with Gasteiger partial charge in [-0.15, -0.1) is 0 Å². The molecular weight excluding hydrogens is 230 g/mol. The van der Waals surface area contributed by atoms with Crippen LogP contribution in [0, 0.1) is 0 Å². The van der Waals surface area contributed by atoms with Crippen molar-refractivity contribution in [2.45, 2.75) is 12.5 Å². The maximum absolute atomic E-state index is 11.6. The third-order valence-electron chi connectivity index (χ3n) is 2.38. The van der Waals surface area contributed by atoms with Crippen molar-refractivity contribution in [2.24, 2.45) is 0 Å². The van der Waals surface area contributed by atoms with Gasteiger partial charge in [0.25, 0.3) is 0 Å². The smallest absolute Gasteiger partial charge is 0.326 e. The number of carboxylic acids is 2. The number of piperazine rings is 1. The first-order chi connectivity index (χ1) is 8.00. The first kappa shape index (κ1) is 13.2. The molecule has 1 atom stereocenters. The van der Waals surface area contributed by atoms with E-state index in [0.717, 1.165) is 0 Å². The Morgan fingerprint density at radius 1 is 1.24 bits per heavy atom. The van der Waals surface area contributed by atoms with Gasteiger partial charge in [0.15, 0.2) is 0 Å². The van der Waals surface area contributed by atoms with Gasteiger partial charge < -0.3 is 25.7 Å². The fraction of sp³-hybridized carbons (Fsp3) is 0.667. The summed E-state index contributed by atoms with van der Waals surface area (Å²) in [6.45, 7) is 2.24. The van der Waals surface area contributed by atoms with Gasteiger partial charge in [0.1, 0.15) is 6.04 Å². The summed E-state index contributed by atoms with van der Waals surface area (Å²) in [7, 11) is 0. The lowest BCUT2D eigenvalue weighted by Crippen LogP contribution is -2.54. The highest BCUT2D eigenvalue weighted by molar-refractivity contribution is 5.86. The number of carbonyl (C=O) groups excluding carboxylic acids is 1. The van der Waals surface area contributed by atoms with Crippen LogP contribution in [0.25, 0.3) is 0 Å². The minimum absolute atomic E-state index is 0.477. The maximum atomic E-state index is 11.6. The van der Waals surface area contributed by atoms with E-state index in [1.807, 2.05) is 0 Å². The van der Waals surface area contributed by atoms with Crippen LogP contribution in [0.4, 0.5) is 4.79 Å². The van der Waals surface area contributed by atoms with E-state index in [0.29, 0.717) is 26.2 Å². The second-order valence-electron chi connectivity index (χ2n) is 3.68. The molecule has 8 nitrogen and oxygen atoms in total. The number of nitrogens with zero attached hydrogens (tertiary/aromatic N) is 1. The first-order valence-electron chi connectivity index (χ1n) is 5.21. The maximum Gasteiger partial charge on any atom is 0.326 e. The van der Waals surface area contributed by atoms with E-state index in [4.69, 9.17) is 10.2 Å². The zero-order valence-electron chi connectivity index (χ0n) is 9.18. The van der Waals surface area contributed by atoms with Crippen LogP contribution in [0.1, 0.15) is 6.42 Å². The average molecular weight is 245 g/mol. The minimum Gasteiger partial charge on any atom is -0.481 e. The Labute approximate surface area is 97.6 Å². The fourth-order valence-electron chi connectivity index (χ4n) is 1.48. The number of amides is 2. The van der Waals surface area contributed by atoms with Crippen LogP contribution >= 0.6 is 0 Å². The van der Waals surface area contributed by atoms with Gasteiger partial charge in [0.2, 0.25) is 0 Å². The van der Waals surface area contributed by atoms with Gasteiger partial charge in [0.05, 0.1) is 6.42 Å². The zero-order chi connectivity index (χ0) is 12.8. The number of rotatable bonds is 4. The molecule has 0 aromatic heterocycles. The van der Waals surface area contributed by atoms with Crippen molar-refractivity contribution < 1.29 is 24.6 Å². The summed E-state index contributed by atoms with van der Waals surface area (Å²) < 4.78 is 0. The summed E-state index contributed by atoms with van der Waals surface area (Å²) in [6, 6.07) is -1.94. The van der Waals surface area contributed by atoms with E-state index in [9.17, 15) is 14.4 Å². The second-order valence-corrected chi connectivity index (χ2v) is 3.68. The van der Waals surface area contributed by atoms with E-state index < -0.39 is 30.4 Å². The zero-order valence-corrected chi connectivity index (χ0v) is 9.18. The van der Waals surface area contributed by atoms with Gasteiger partial charge in [0, 0.05) is 26.2 Å². The largest absolute Gasteiger partial charge is 0.481 e. The molecule has 4 N–H and O–H groups in total. The second kappa shape index (κ2) is 6.04. The third-order valence-corrected chi connectivity index (χ3v) is 2.38. The Morgan fingerprint density at radius 2 is 1.82 bits per heavy atom. The van der Waals surface area contributed by atoms with Crippen LogP contribution in [-0.4, -0.2) is 65.3 Å². The molecule has 8 heteroatoms. The molecule has 1 fully saturated rings. The third kappa shape index (κ3) is 4.27. The van der Waals surface area contributed by atoms with Crippen LogP contribution in [0.15, 0.2) is 0 Å². The van der Waals surface area contributed by atoms with Gasteiger partial charge in [-0.1, -0.05) is 0 Å². The van der Waals surface area contributed by atoms with Gasteiger partial charge in [-0.05, 0) is 0 Å². The van der Waals surface area contributed by atoms with Crippen LogP contribution in [-0.2, 0) is 9.59 Å². The van der Waals surface area contributed by atoms with Gasteiger partial charge in [-0.2, -0.15) is 0 Å². The van der Waals surface area contributed by atoms with E-state index in [-0.39, 0.29) is 0 Å². The topological polar surface area (TPSA) is 119 Å². The molecule has 0 aromatic rings. The lowest BCUT2D eigenvalue weighted by molar-refractivity contribution is -0.145. The van der Waals surface area contributed by atoms with Crippen molar-refractivity contribution in [3.8, 4) is 0 Å². The summed E-state index contributed by atoms with van der Waals surface area (Å²) in [5.74, 6) is -2.62. The highest BCUT2D eigenvalue weighted by Crippen LogP contribution is 1.98. The predicted molar refractivity (Wildman–Crippen MR) is 56.7 cm³/mol. The monoisotopic (exact) mass is 245 g/mol.